The van der Waals surface area contributed by atoms with Gasteiger partial charge in [0.05, 0.1) is 12.1 Å². The van der Waals surface area contributed by atoms with Crippen LogP contribution in [0.5, 0.6) is 11.5 Å². The highest BCUT2D eigenvalue weighted by Crippen LogP contribution is 2.40. The van der Waals surface area contributed by atoms with Gasteiger partial charge in [0, 0.05) is 23.6 Å². The number of phenolic OH excluding ortho intramolecular Hbond substituents is 2. The predicted molar refractivity (Wildman–Crippen MR) is 172 cm³/mol. The first kappa shape index (κ1) is 31.9. The lowest BCUT2D eigenvalue weighted by atomic mass is 9.78. The fourth-order valence-corrected chi connectivity index (χ4v) is 5.78. The quantitative estimate of drug-likeness (QED) is 0.376. The van der Waals surface area contributed by atoms with Crippen molar-refractivity contribution in [3.63, 3.8) is 0 Å². The maximum Gasteiger partial charge on any atom is 0.128 e. The number of hydrogen-bond donors (Lipinski definition) is 2. The molecule has 0 saturated heterocycles. The van der Waals surface area contributed by atoms with Crippen LogP contribution in [0.1, 0.15) is 142 Å². The van der Waals surface area contributed by atoms with Crippen LogP contribution in [-0.4, -0.2) is 34.7 Å². The van der Waals surface area contributed by atoms with E-state index in [1.165, 1.54) is 0 Å². The molecule has 0 amide bonds. The van der Waals surface area contributed by atoms with Crippen LogP contribution in [-0.2, 0) is 21.7 Å². The topological polar surface area (TPSA) is 65.2 Å². The number of rotatable bonds is 4. The summed E-state index contributed by atoms with van der Waals surface area (Å²) in [5.41, 5.74) is 5.10. The van der Waals surface area contributed by atoms with Crippen LogP contribution in [0.15, 0.2) is 34.3 Å². The van der Waals surface area contributed by atoms with Gasteiger partial charge in [-0.05, 0) is 56.8 Å². The van der Waals surface area contributed by atoms with E-state index in [4.69, 9.17) is 9.98 Å². The van der Waals surface area contributed by atoms with E-state index >= 15 is 0 Å². The van der Waals surface area contributed by atoms with Gasteiger partial charge in [-0.3, -0.25) is 9.98 Å². The first-order chi connectivity index (χ1) is 18.2. The Hall–Kier alpha value is -2.62. The molecule has 0 radical (unpaired) electrons. The van der Waals surface area contributed by atoms with Crippen molar-refractivity contribution >= 4 is 12.4 Å². The molecule has 4 heteroatoms. The van der Waals surface area contributed by atoms with E-state index in [1.54, 1.807) is 0 Å². The Morgan fingerprint density at radius 3 is 1.07 bits per heavy atom. The lowest BCUT2D eigenvalue weighted by Crippen LogP contribution is -2.27. The lowest BCUT2D eigenvalue weighted by Gasteiger charge is -2.29. The molecule has 220 valence electrons. The summed E-state index contributed by atoms with van der Waals surface area (Å²) in [6, 6.07) is 8.48. The first-order valence-corrected chi connectivity index (χ1v) is 15.0. The van der Waals surface area contributed by atoms with Crippen LogP contribution in [0, 0.1) is 0 Å². The Bertz CT molecular complexity index is 1160. The average Bonchev–Trinajstić information content (AvgIpc) is 2.79. The summed E-state index contributed by atoms with van der Waals surface area (Å²) in [6.45, 7) is 25.8. The van der Waals surface area contributed by atoms with E-state index in [0.29, 0.717) is 11.5 Å². The minimum absolute atomic E-state index is 0.0292. The molecular formula is C36H54N2O2. The van der Waals surface area contributed by atoms with Gasteiger partial charge in [0.1, 0.15) is 11.5 Å². The molecule has 2 N–H and O–H groups in total. The Kier molecular flexibility index (Phi) is 9.04. The van der Waals surface area contributed by atoms with E-state index in [0.717, 1.165) is 59.1 Å². The molecule has 1 saturated carbocycles. The van der Waals surface area contributed by atoms with Crippen molar-refractivity contribution in [2.24, 2.45) is 9.98 Å². The van der Waals surface area contributed by atoms with E-state index in [2.05, 4.69) is 107 Å². The summed E-state index contributed by atoms with van der Waals surface area (Å²) in [5, 5.41) is 22.8. The van der Waals surface area contributed by atoms with Crippen molar-refractivity contribution in [2.45, 2.75) is 143 Å². The fraction of sp³-hybridized carbons (Fsp3) is 0.611. The van der Waals surface area contributed by atoms with Gasteiger partial charge in [0.25, 0.3) is 0 Å². The van der Waals surface area contributed by atoms with Crippen molar-refractivity contribution in [2.75, 3.05) is 0 Å². The standard InChI is InChI=1S/C36H54N2O2/c1-33(2,3)25-17-19-27(35(7,8)9)31(39)23(25)21-37-29-15-13-14-16-30(29)38-22-24-26(34(4,5)6)18-20-28(32(24)40)36(10,11)12/h17-22,29-30,39-40H,13-16H2,1-12H3/t29-,30-/m1/s1. The summed E-state index contributed by atoms with van der Waals surface area (Å²) in [7, 11) is 0. The molecule has 2 aromatic rings. The number of benzene rings is 2. The molecule has 4 nitrogen and oxygen atoms in total. The molecule has 3 rings (SSSR count). The number of aliphatic imine (C=N–C) groups is 2. The van der Waals surface area contributed by atoms with Crippen molar-refractivity contribution in [3.8, 4) is 11.5 Å². The normalized spacial score (nSPS) is 19.6. The van der Waals surface area contributed by atoms with Gasteiger partial charge < -0.3 is 10.2 Å². The molecule has 0 heterocycles. The van der Waals surface area contributed by atoms with Gasteiger partial charge in [0.15, 0.2) is 0 Å². The summed E-state index contributed by atoms with van der Waals surface area (Å²) in [6.07, 6.45) is 7.97. The lowest BCUT2D eigenvalue weighted by molar-refractivity contribution is 0.389. The molecule has 1 aliphatic rings. The Morgan fingerprint density at radius 1 is 0.525 bits per heavy atom. The van der Waals surface area contributed by atoms with Gasteiger partial charge >= 0.3 is 0 Å². The van der Waals surface area contributed by atoms with E-state index in [1.807, 2.05) is 12.4 Å². The average molecular weight is 547 g/mol. The van der Waals surface area contributed by atoms with E-state index in [-0.39, 0.29) is 33.7 Å². The molecule has 0 spiro atoms. The summed E-state index contributed by atoms with van der Waals surface area (Å²) >= 11 is 0. The van der Waals surface area contributed by atoms with E-state index in [9.17, 15) is 10.2 Å². The van der Waals surface area contributed by atoms with Gasteiger partial charge in [-0.25, -0.2) is 0 Å². The monoisotopic (exact) mass is 546 g/mol. The minimum atomic E-state index is -0.172. The third kappa shape index (κ3) is 7.17. The van der Waals surface area contributed by atoms with Crippen LogP contribution >= 0.6 is 0 Å². The van der Waals surface area contributed by atoms with Gasteiger partial charge in [0.2, 0.25) is 0 Å². The zero-order chi connectivity index (χ0) is 30.3. The Balaban J connectivity index is 2.05. The third-order valence-corrected chi connectivity index (χ3v) is 8.15. The number of aromatic hydroxyl groups is 2. The molecule has 0 bridgehead atoms. The SMILES string of the molecule is CC(C)(C)c1ccc(C(C)(C)C)c(C=N[C@@H]2CCCC[C@H]2N=Cc2c(C(C)(C)C)ccc(C(C)(C)C)c2O)c1O. The fourth-order valence-electron chi connectivity index (χ4n) is 5.78. The molecule has 1 aliphatic carbocycles. The highest BCUT2D eigenvalue weighted by molar-refractivity contribution is 5.88. The zero-order valence-corrected chi connectivity index (χ0v) is 27.2. The summed E-state index contributed by atoms with van der Waals surface area (Å²) in [4.78, 5) is 10.2. The van der Waals surface area contributed by atoms with Gasteiger partial charge in [-0.1, -0.05) is 120 Å². The molecule has 1 fully saturated rings. The Morgan fingerprint density at radius 2 is 0.800 bits per heavy atom. The van der Waals surface area contributed by atoms with Crippen molar-refractivity contribution in [1.29, 1.82) is 0 Å². The largest absolute Gasteiger partial charge is 0.507 e. The van der Waals surface area contributed by atoms with Gasteiger partial charge in [-0.15, -0.1) is 0 Å². The van der Waals surface area contributed by atoms with Gasteiger partial charge in [-0.2, -0.15) is 0 Å². The number of nitrogens with zero attached hydrogens (tertiary/aromatic N) is 2. The predicted octanol–water partition coefficient (Wildman–Crippen LogP) is 9.14. The minimum Gasteiger partial charge on any atom is -0.507 e. The highest BCUT2D eigenvalue weighted by atomic mass is 16.3. The molecule has 0 unspecified atom stereocenters. The van der Waals surface area contributed by atoms with Crippen LogP contribution < -0.4 is 0 Å². The second-order valence-electron chi connectivity index (χ2n) is 15.8. The molecule has 2 atom stereocenters. The third-order valence-electron chi connectivity index (χ3n) is 8.15. The second-order valence-corrected chi connectivity index (χ2v) is 15.8. The maximum atomic E-state index is 11.4. The number of phenols is 2. The second kappa shape index (κ2) is 11.3. The summed E-state index contributed by atoms with van der Waals surface area (Å²) < 4.78 is 0. The van der Waals surface area contributed by atoms with Crippen LogP contribution in [0.2, 0.25) is 0 Å². The van der Waals surface area contributed by atoms with Crippen molar-refractivity contribution in [3.05, 3.63) is 57.6 Å². The molecule has 2 aromatic carbocycles. The molecule has 0 aliphatic heterocycles. The first-order valence-electron chi connectivity index (χ1n) is 15.0. The zero-order valence-electron chi connectivity index (χ0n) is 27.2. The smallest absolute Gasteiger partial charge is 0.128 e. The number of hydrogen-bond acceptors (Lipinski definition) is 4. The molecule has 40 heavy (non-hydrogen) atoms. The van der Waals surface area contributed by atoms with Crippen molar-refractivity contribution in [1.82, 2.24) is 0 Å². The molecule has 0 aromatic heterocycles. The van der Waals surface area contributed by atoms with Crippen LogP contribution in [0.3, 0.4) is 0 Å². The van der Waals surface area contributed by atoms with Crippen LogP contribution in [0.4, 0.5) is 0 Å². The van der Waals surface area contributed by atoms with E-state index < -0.39 is 0 Å². The maximum absolute atomic E-state index is 11.4. The molecular weight excluding hydrogens is 492 g/mol. The Labute approximate surface area is 244 Å². The summed E-state index contributed by atoms with van der Waals surface area (Å²) in [5.74, 6) is 0.663. The highest BCUT2D eigenvalue weighted by Gasteiger charge is 2.29. The van der Waals surface area contributed by atoms with Crippen molar-refractivity contribution < 1.29 is 10.2 Å². The van der Waals surface area contributed by atoms with Crippen LogP contribution in [0.25, 0.3) is 0 Å².